The van der Waals surface area contributed by atoms with Crippen molar-refractivity contribution in [1.29, 1.82) is 0 Å². The number of aromatic amines is 6. The van der Waals surface area contributed by atoms with Gasteiger partial charge in [0.25, 0.3) is 17.7 Å². The number of ketones is 3. The van der Waals surface area contributed by atoms with Gasteiger partial charge in [-0.05, 0) is 123 Å². The molecule has 0 aliphatic carbocycles. The highest BCUT2D eigenvalue weighted by Gasteiger charge is 2.45. The summed E-state index contributed by atoms with van der Waals surface area (Å²) < 4.78 is 0. The van der Waals surface area contributed by atoms with Crippen LogP contribution in [0.3, 0.4) is 0 Å². The van der Waals surface area contributed by atoms with Crippen LogP contribution in [-0.2, 0) is 67.3 Å². The van der Waals surface area contributed by atoms with Crippen molar-refractivity contribution in [2.75, 3.05) is 16.0 Å². The number of fused-ring (bicyclic) bond motifs is 6. The minimum atomic E-state index is -2.02. The Morgan fingerprint density at radius 1 is 0.280 bits per heavy atom. The number of rotatable bonds is 24. The third-order valence-electron chi connectivity index (χ3n) is 19.7. The molecule has 0 aliphatic rings. The lowest BCUT2D eigenvalue weighted by atomic mass is 9.83. The first-order chi connectivity index (χ1) is 48.6. The summed E-state index contributed by atoms with van der Waals surface area (Å²) in [6.45, 7) is 0. The number of hydrogen-bond donors (Lipinski definition) is 12. The van der Waals surface area contributed by atoms with E-state index >= 15 is 0 Å². The Labute approximate surface area is 573 Å². The fourth-order valence-corrected chi connectivity index (χ4v) is 14.1. The molecule has 0 saturated heterocycles. The highest BCUT2D eigenvalue weighted by atomic mass is 16.2. The number of carbonyl (C=O) groups is 6. The summed E-state index contributed by atoms with van der Waals surface area (Å²) in [7, 11) is 0. The summed E-state index contributed by atoms with van der Waals surface area (Å²) in [6.07, 6.45) is 10.1. The number of aromatic nitrogens is 6. The van der Waals surface area contributed by atoms with Gasteiger partial charge < -0.3 is 63.1 Å². The molecule has 15 aromatic rings. The van der Waals surface area contributed by atoms with Crippen LogP contribution in [0.25, 0.3) is 65.4 Å². The second-order valence-electron chi connectivity index (χ2n) is 26.1. The van der Waals surface area contributed by atoms with Crippen molar-refractivity contribution in [3.63, 3.8) is 0 Å². The first kappa shape index (κ1) is 63.6. The Bertz CT molecular complexity index is 5090. The van der Waals surface area contributed by atoms with E-state index in [0.717, 1.165) is 82.1 Å². The van der Waals surface area contributed by atoms with E-state index in [0.29, 0.717) is 50.4 Å². The average molecular weight is 1320 g/mol. The van der Waals surface area contributed by atoms with Crippen LogP contribution in [0.1, 0.15) is 56.0 Å². The van der Waals surface area contributed by atoms with Gasteiger partial charge in [-0.25, -0.2) is 0 Å². The number of anilines is 3. The lowest BCUT2D eigenvalue weighted by Crippen LogP contribution is -2.59. The first-order valence-corrected chi connectivity index (χ1v) is 33.1. The number of para-hydroxylation sites is 6. The molecule has 0 unspecified atom stereocenters. The van der Waals surface area contributed by atoms with E-state index in [2.05, 4.69) is 45.9 Å². The molecular formula is C82H70N12O6. The normalized spacial score (nSPS) is 13.6. The number of H-pyrrole nitrogens is 6. The van der Waals surface area contributed by atoms with Gasteiger partial charge in [0.05, 0.1) is 0 Å². The van der Waals surface area contributed by atoms with Gasteiger partial charge in [0.1, 0.15) is 0 Å². The van der Waals surface area contributed by atoms with Crippen LogP contribution in [0.5, 0.6) is 0 Å². The van der Waals surface area contributed by atoms with E-state index in [9.17, 15) is 28.8 Å². The van der Waals surface area contributed by atoms with Gasteiger partial charge in [0.2, 0.25) is 0 Å². The van der Waals surface area contributed by atoms with Gasteiger partial charge in [-0.2, -0.15) is 0 Å². The zero-order valence-electron chi connectivity index (χ0n) is 54.3. The molecule has 9 aromatic carbocycles. The van der Waals surface area contributed by atoms with Crippen LogP contribution in [0, 0.1) is 0 Å². The maximum absolute atomic E-state index is 14.9. The molecule has 0 aliphatic heterocycles. The SMILES string of the molecule is N[C@](Cc1c[nH]c2ccccc12)(C(=O)Cc1c[nH]c2ccccc12)C(=O)Nc1ccc(C(c2ccc(NC(=O)[C@@](N)(Cc3c[nH]c4ccccc34)C(=O)Cc3c[nH]c4ccccc34)cc2)c2ccc(NC(=O)[C@@](N)(Cc3c[nH]c4ccccc34)C(=O)Cc3c[nH]c4ccccc34)cc2)cc1. The standard InChI is InChI=1S/C82H70N12O6/c83-80(40-55-46-89-70-22-10-4-16-64(55)70,73(95)37-52-43-86-67-19-7-1-13-61(52)67)77(98)92-58-31-25-49(26-32-58)76(50-27-33-59(34-28-50)93-78(99)81(84,41-56-47-90-71-23-11-5-17-65(56)71)74(96)38-53-44-87-68-20-8-2-14-62(53)68)51-29-35-60(36-30-51)94-79(100)82(85,42-57-48-91-72-24-12-6-18-66(57)72)75(97)39-54-45-88-69-21-9-3-15-63(54)69/h1-36,43-48,76,86-91H,37-42,83-85H2,(H,92,98)(H,93,99)(H,94,100)/t80-,81-,82-/m1/s1. The van der Waals surface area contributed by atoms with Gasteiger partial charge in [0.15, 0.2) is 34.0 Å². The lowest BCUT2D eigenvalue weighted by molar-refractivity contribution is -0.134. The predicted octanol–water partition coefficient (Wildman–Crippen LogP) is 12.8. The van der Waals surface area contributed by atoms with Gasteiger partial charge in [-0.15, -0.1) is 0 Å². The molecule has 6 aromatic heterocycles. The topological polar surface area (TPSA) is 311 Å². The Hall–Kier alpha value is -12.5. The molecule has 0 fully saturated rings. The predicted molar refractivity (Wildman–Crippen MR) is 394 cm³/mol. The molecule has 6 heterocycles. The van der Waals surface area contributed by atoms with Crippen molar-refractivity contribution in [2.24, 2.45) is 17.2 Å². The van der Waals surface area contributed by atoms with Gasteiger partial charge in [-0.1, -0.05) is 146 Å². The molecule has 494 valence electrons. The Morgan fingerprint density at radius 3 is 0.710 bits per heavy atom. The van der Waals surface area contributed by atoms with Crippen LogP contribution in [-0.4, -0.2) is 81.6 Å². The number of carbonyl (C=O) groups excluding carboxylic acids is 6. The number of amides is 3. The summed E-state index contributed by atoms with van der Waals surface area (Å²) in [6, 6.07) is 67.7. The van der Waals surface area contributed by atoms with E-state index < -0.39 is 57.6 Å². The summed E-state index contributed by atoms with van der Waals surface area (Å²) in [5.74, 6) is -4.00. The third-order valence-corrected chi connectivity index (χ3v) is 19.7. The molecular weight excluding hydrogens is 1250 g/mol. The lowest BCUT2D eigenvalue weighted by Gasteiger charge is -2.28. The van der Waals surface area contributed by atoms with Crippen LogP contribution in [0.4, 0.5) is 17.1 Å². The fraction of sp³-hybridized carbons (Fsp3) is 0.122. The van der Waals surface area contributed by atoms with Crippen molar-refractivity contribution >= 4 is 118 Å². The number of nitrogens with two attached hydrogens (primary N) is 3. The van der Waals surface area contributed by atoms with Crippen LogP contribution >= 0.6 is 0 Å². The second-order valence-corrected chi connectivity index (χ2v) is 26.1. The zero-order chi connectivity index (χ0) is 68.7. The second kappa shape index (κ2) is 26.2. The number of hydrogen-bond acceptors (Lipinski definition) is 9. The first-order valence-electron chi connectivity index (χ1n) is 33.1. The van der Waals surface area contributed by atoms with Crippen molar-refractivity contribution in [3.05, 3.63) is 306 Å². The molecule has 0 bridgehead atoms. The van der Waals surface area contributed by atoms with E-state index in [1.165, 1.54) is 0 Å². The van der Waals surface area contributed by atoms with E-state index in [1.54, 1.807) is 73.6 Å². The third kappa shape index (κ3) is 12.1. The molecule has 100 heavy (non-hydrogen) atoms. The highest BCUT2D eigenvalue weighted by molar-refractivity contribution is 6.19. The Balaban J connectivity index is 0.741. The molecule has 3 amide bonds. The number of nitrogens with one attached hydrogen (secondary N) is 9. The van der Waals surface area contributed by atoms with Crippen LogP contribution < -0.4 is 33.2 Å². The summed E-state index contributed by atoms with van der Waals surface area (Å²) in [5, 5.41) is 14.1. The fourth-order valence-electron chi connectivity index (χ4n) is 14.1. The monoisotopic (exact) mass is 1320 g/mol. The van der Waals surface area contributed by atoms with Crippen molar-refractivity contribution in [3.8, 4) is 0 Å². The molecule has 0 radical (unpaired) electrons. The molecule has 18 nitrogen and oxygen atoms in total. The van der Waals surface area contributed by atoms with E-state index in [-0.39, 0.29) is 38.5 Å². The van der Waals surface area contributed by atoms with Gasteiger partial charge >= 0.3 is 0 Å². The quantitative estimate of drug-likeness (QED) is 0.0202. The zero-order valence-corrected chi connectivity index (χ0v) is 54.3. The molecule has 3 atom stereocenters. The Kier molecular flexibility index (Phi) is 16.6. The van der Waals surface area contributed by atoms with Gasteiger partial charge in [0, 0.05) is 164 Å². The van der Waals surface area contributed by atoms with Crippen LogP contribution in [0.2, 0.25) is 0 Å². The molecule has 0 spiro atoms. The van der Waals surface area contributed by atoms with Crippen molar-refractivity contribution in [1.82, 2.24) is 29.9 Å². The average Bonchev–Trinajstić information content (AvgIpc) is 1.38. The number of benzene rings is 9. The summed E-state index contributed by atoms with van der Waals surface area (Å²) in [5.41, 5.74) is 28.2. The van der Waals surface area contributed by atoms with Gasteiger partial charge in [-0.3, -0.25) is 28.8 Å². The maximum atomic E-state index is 14.9. The largest absolute Gasteiger partial charge is 0.361 e. The summed E-state index contributed by atoms with van der Waals surface area (Å²) >= 11 is 0. The minimum absolute atomic E-state index is 0.0908. The van der Waals surface area contributed by atoms with E-state index in [1.807, 2.05) is 182 Å². The molecule has 18 heteroatoms. The highest BCUT2D eigenvalue weighted by Crippen LogP contribution is 2.37. The minimum Gasteiger partial charge on any atom is -0.361 e. The smallest absolute Gasteiger partial charge is 0.252 e. The molecule has 15 N–H and O–H groups in total. The van der Waals surface area contributed by atoms with E-state index in [4.69, 9.17) is 17.2 Å². The maximum Gasteiger partial charge on any atom is 0.252 e. The van der Waals surface area contributed by atoms with Crippen LogP contribution in [0.15, 0.2) is 256 Å². The number of Topliss-reactive ketones (excluding diaryl/α,β-unsaturated/α-hetero) is 3. The van der Waals surface area contributed by atoms with Crippen molar-refractivity contribution < 1.29 is 28.8 Å². The van der Waals surface area contributed by atoms with Crippen molar-refractivity contribution in [2.45, 2.75) is 61.1 Å². The molecule has 15 rings (SSSR count). The summed E-state index contributed by atoms with van der Waals surface area (Å²) in [4.78, 5) is 108. The Morgan fingerprint density at radius 2 is 0.480 bits per heavy atom. The molecule has 0 saturated carbocycles.